The van der Waals surface area contributed by atoms with Gasteiger partial charge in [0.15, 0.2) is 0 Å². The zero-order valence-corrected chi connectivity index (χ0v) is 24.0. The SMILES string of the molecule is CC(C)(C)OC(=O)N[C@@H](Cc1cn(C=O)c2ccccc12)C(=O)N(CC(=O)OCc1ccccc1)Cc1ccccc1. The molecule has 4 aromatic rings. The predicted octanol–water partition coefficient (Wildman–Crippen LogP) is 4.89. The number of carbonyl (C=O) groups is 4. The lowest BCUT2D eigenvalue weighted by atomic mass is 10.0. The number of esters is 1. The number of hydrogen-bond donors (Lipinski definition) is 1. The van der Waals surface area contributed by atoms with Crippen molar-refractivity contribution in [1.82, 2.24) is 14.8 Å². The summed E-state index contributed by atoms with van der Waals surface area (Å²) in [6, 6.07) is 24.7. The van der Waals surface area contributed by atoms with E-state index in [2.05, 4.69) is 5.32 Å². The largest absolute Gasteiger partial charge is 0.459 e. The number of ether oxygens (including phenoxy) is 2. The summed E-state index contributed by atoms with van der Waals surface area (Å²) in [6.07, 6.45) is 1.62. The van der Waals surface area contributed by atoms with Crippen LogP contribution in [-0.2, 0) is 43.4 Å². The summed E-state index contributed by atoms with van der Waals surface area (Å²) in [5.74, 6) is -1.08. The molecule has 0 spiro atoms. The number of hydrogen-bond acceptors (Lipinski definition) is 6. The van der Waals surface area contributed by atoms with Crippen LogP contribution in [0.5, 0.6) is 0 Å². The first-order valence-electron chi connectivity index (χ1n) is 13.7. The van der Waals surface area contributed by atoms with Crippen LogP contribution in [0.2, 0.25) is 0 Å². The van der Waals surface area contributed by atoms with Crippen LogP contribution >= 0.6 is 0 Å². The van der Waals surface area contributed by atoms with Gasteiger partial charge < -0.3 is 19.7 Å². The molecule has 0 aliphatic rings. The van der Waals surface area contributed by atoms with E-state index >= 15 is 0 Å². The molecule has 9 heteroatoms. The Morgan fingerprint density at radius 3 is 2.17 bits per heavy atom. The van der Waals surface area contributed by atoms with E-state index < -0.39 is 29.6 Å². The van der Waals surface area contributed by atoms with E-state index in [1.54, 1.807) is 33.0 Å². The Morgan fingerprint density at radius 1 is 0.905 bits per heavy atom. The minimum absolute atomic E-state index is 0.0593. The van der Waals surface area contributed by atoms with Crippen molar-refractivity contribution in [2.75, 3.05) is 6.54 Å². The van der Waals surface area contributed by atoms with Crippen molar-refractivity contribution in [2.45, 2.75) is 52.0 Å². The highest BCUT2D eigenvalue weighted by molar-refractivity contribution is 5.92. The molecule has 1 heterocycles. The second-order valence-corrected chi connectivity index (χ2v) is 10.9. The first-order chi connectivity index (χ1) is 20.1. The minimum atomic E-state index is -1.10. The molecule has 1 aromatic heterocycles. The van der Waals surface area contributed by atoms with Crippen LogP contribution < -0.4 is 5.32 Å². The van der Waals surface area contributed by atoms with E-state index in [9.17, 15) is 19.2 Å². The Bertz CT molecular complexity index is 1530. The highest BCUT2D eigenvalue weighted by Gasteiger charge is 2.31. The number of carbonyl (C=O) groups excluding carboxylic acids is 4. The van der Waals surface area contributed by atoms with Crippen LogP contribution in [-0.4, -0.2) is 52.0 Å². The quantitative estimate of drug-likeness (QED) is 0.204. The highest BCUT2D eigenvalue weighted by atomic mass is 16.6. The lowest BCUT2D eigenvalue weighted by Crippen LogP contribution is -2.51. The van der Waals surface area contributed by atoms with E-state index in [-0.39, 0.29) is 26.1 Å². The second kappa shape index (κ2) is 13.6. The Balaban J connectivity index is 1.62. The summed E-state index contributed by atoms with van der Waals surface area (Å²) in [5.41, 5.74) is 2.18. The van der Waals surface area contributed by atoms with E-state index in [1.807, 2.05) is 78.9 Å². The molecule has 0 fully saturated rings. The molecule has 0 aliphatic heterocycles. The van der Waals surface area contributed by atoms with Crippen molar-refractivity contribution >= 4 is 35.3 Å². The third kappa shape index (κ3) is 8.30. The molecule has 0 aliphatic carbocycles. The molecule has 3 aromatic carbocycles. The summed E-state index contributed by atoms with van der Waals surface area (Å²) in [6.45, 7) is 5.03. The number of alkyl carbamates (subject to hydrolysis) is 1. The Labute approximate surface area is 245 Å². The molecular weight excluding hydrogens is 534 g/mol. The highest BCUT2D eigenvalue weighted by Crippen LogP contribution is 2.23. The maximum absolute atomic E-state index is 14.1. The van der Waals surface area contributed by atoms with Crippen LogP contribution in [0.3, 0.4) is 0 Å². The summed E-state index contributed by atoms with van der Waals surface area (Å²) in [7, 11) is 0. The first-order valence-corrected chi connectivity index (χ1v) is 13.7. The maximum atomic E-state index is 14.1. The van der Waals surface area contributed by atoms with Crippen molar-refractivity contribution in [2.24, 2.45) is 0 Å². The first kappa shape index (κ1) is 30.0. The van der Waals surface area contributed by atoms with Gasteiger partial charge >= 0.3 is 12.1 Å². The van der Waals surface area contributed by atoms with Gasteiger partial charge in [-0.25, -0.2) is 4.79 Å². The molecule has 0 saturated carbocycles. The van der Waals surface area contributed by atoms with Crippen molar-refractivity contribution in [1.29, 1.82) is 0 Å². The van der Waals surface area contributed by atoms with E-state index in [1.165, 1.54) is 9.47 Å². The van der Waals surface area contributed by atoms with Gasteiger partial charge in [-0.2, -0.15) is 0 Å². The van der Waals surface area contributed by atoms with Gasteiger partial charge in [-0.05, 0) is 43.5 Å². The minimum Gasteiger partial charge on any atom is -0.459 e. The summed E-state index contributed by atoms with van der Waals surface area (Å²) in [4.78, 5) is 53.1. The number of benzene rings is 3. The zero-order valence-electron chi connectivity index (χ0n) is 24.0. The molecule has 0 saturated heterocycles. The standard InChI is InChI=1S/C33H35N3O6/c1-33(2,3)42-32(40)34-28(18-26-20-36(23-37)29-17-11-10-16-27(26)29)31(39)35(19-24-12-6-4-7-13-24)21-30(38)41-22-25-14-8-5-9-15-25/h4-17,20,23,28H,18-19,21-22H2,1-3H3,(H,34,40)/t28-/m0/s1. The van der Waals surface area contributed by atoms with Crippen LogP contribution in [0.15, 0.2) is 91.1 Å². The summed E-state index contributed by atoms with van der Waals surface area (Å²) < 4.78 is 12.4. The predicted molar refractivity (Wildman–Crippen MR) is 159 cm³/mol. The molecule has 9 nitrogen and oxygen atoms in total. The monoisotopic (exact) mass is 569 g/mol. The number of para-hydroxylation sites is 1. The number of fused-ring (bicyclic) bond motifs is 1. The van der Waals surface area contributed by atoms with Gasteiger partial charge in [-0.3, -0.25) is 19.0 Å². The molecular formula is C33H35N3O6. The molecule has 2 amide bonds. The molecule has 1 N–H and O–H groups in total. The van der Waals surface area contributed by atoms with Crippen molar-refractivity contribution in [3.8, 4) is 0 Å². The third-order valence-electron chi connectivity index (χ3n) is 6.44. The topological polar surface area (TPSA) is 107 Å². The molecule has 4 rings (SSSR count). The average molecular weight is 570 g/mol. The lowest BCUT2D eigenvalue weighted by Gasteiger charge is -2.28. The average Bonchev–Trinajstić information content (AvgIpc) is 3.32. The van der Waals surface area contributed by atoms with Gasteiger partial charge in [0, 0.05) is 24.5 Å². The van der Waals surface area contributed by atoms with Crippen LogP contribution in [0.4, 0.5) is 4.79 Å². The van der Waals surface area contributed by atoms with Crippen LogP contribution in [0.1, 0.15) is 37.5 Å². The normalized spacial score (nSPS) is 11.9. The smallest absolute Gasteiger partial charge is 0.408 e. The molecule has 0 radical (unpaired) electrons. The number of nitrogens with zero attached hydrogens (tertiary/aromatic N) is 2. The van der Waals surface area contributed by atoms with Gasteiger partial charge in [0.2, 0.25) is 12.3 Å². The van der Waals surface area contributed by atoms with Gasteiger partial charge in [0.1, 0.15) is 24.8 Å². The fourth-order valence-corrected chi connectivity index (χ4v) is 4.57. The van der Waals surface area contributed by atoms with Gasteiger partial charge in [-0.1, -0.05) is 78.9 Å². The number of aromatic nitrogens is 1. The third-order valence-corrected chi connectivity index (χ3v) is 6.44. The molecule has 1 atom stereocenters. The zero-order chi connectivity index (χ0) is 30.1. The summed E-state index contributed by atoms with van der Waals surface area (Å²) in [5, 5.41) is 3.48. The molecule has 218 valence electrons. The van der Waals surface area contributed by atoms with Gasteiger partial charge in [0.25, 0.3) is 0 Å². The van der Waals surface area contributed by atoms with Crippen molar-refractivity contribution < 1.29 is 28.7 Å². The summed E-state index contributed by atoms with van der Waals surface area (Å²) >= 11 is 0. The number of rotatable bonds is 11. The maximum Gasteiger partial charge on any atom is 0.408 e. The van der Waals surface area contributed by atoms with Gasteiger partial charge in [-0.15, -0.1) is 0 Å². The number of amides is 2. The van der Waals surface area contributed by atoms with E-state index in [0.29, 0.717) is 17.5 Å². The number of nitrogens with one attached hydrogen (secondary N) is 1. The van der Waals surface area contributed by atoms with E-state index in [4.69, 9.17) is 9.47 Å². The molecule has 0 unspecified atom stereocenters. The Morgan fingerprint density at radius 2 is 1.52 bits per heavy atom. The van der Waals surface area contributed by atoms with Crippen LogP contribution in [0, 0.1) is 0 Å². The Kier molecular flexibility index (Phi) is 9.75. The Hall–Kier alpha value is -4.92. The van der Waals surface area contributed by atoms with Crippen molar-refractivity contribution in [3.63, 3.8) is 0 Å². The molecule has 42 heavy (non-hydrogen) atoms. The molecule has 0 bridgehead atoms. The fraction of sp³-hybridized carbons (Fsp3) is 0.273. The fourth-order valence-electron chi connectivity index (χ4n) is 4.57. The second-order valence-electron chi connectivity index (χ2n) is 10.9. The van der Waals surface area contributed by atoms with Gasteiger partial charge in [0.05, 0.1) is 5.52 Å². The van der Waals surface area contributed by atoms with Crippen LogP contribution in [0.25, 0.3) is 10.9 Å². The lowest BCUT2D eigenvalue weighted by molar-refractivity contribution is -0.151. The van der Waals surface area contributed by atoms with Crippen molar-refractivity contribution in [3.05, 3.63) is 108 Å². The van der Waals surface area contributed by atoms with E-state index in [0.717, 1.165) is 16.5 Å².